The van der Waals surface area contributed by atoms with Gasteiger partial charge in [0.1, 0.15) is 11.5 Å². The molecule has 0 spiro atoms. The van der Waals surface area contributed by atoms with Gasteiger partial charge in [0.25, 0.3) is 0 Å². The Morgan fingerprint density at radius 3 is 2.11 bits per heavy atom. The molecule has 2 bridgehead atoms. The van der Waals surface area contributed by atoms with Crippen molar-refractivity contribution in [2.75, 3.05) is 0 Å². The zero-order valence-corrected chi connectivity index (χ0v) is 23.8. The minimum atomic E-state index is 0. The number of fused-ring (bicyclic) bond motifs is 5. The van der Waals surface area contributed by atoms with Crippen LogP contribution in [0.4, 0.5) is 0 Å². The monoisotopic (exact) mass is 510 g/mol. The Labute approximate surface area is 229 Å². The maximum Gasteiger partial charge on any atom is 0.121 e. The minimum absolute atomic E-state index is 0. The van der Waals surface area contributed by atoms with Gasteiger partial charge < -0.3 is 10.2 Å². The third kappa shape index (κ3) is 6.55. The largest absolute Gasteiger partial charge is 0.508 e. The number of aromatic hydroxyl groups is 2. The molecule has 210 valence electrons. The van der Waals surface area contributed by atoms with Gasteiger partial charge in [0.05, 0.1) is 0 Å². The minimum Gasteiger partial charge on any atom is -0.508 e. The number of hydrogen-bond donors (Lipinski definition) is 2. The smallest absolute Gasteiger partial charge is 0.121 e. The van der Waals surface area contributed by atoms with Crippen LogP contribution in [0, 0.1) is 50.4 Å². The summed E-state index contributed by atoms with van der Waals surface area (Å²) < 4.78 is 0. The second-order valence-corrected chi connectivity index (χ2v) is 12.1. The Morgan fingerprint density at radius 1 is 0.865 bits per heavy atom. The summed E-state index contributed by atoms with van der Waals surface area (Å²) in [5.74, 6) is 6.24. The average molecular weight is 511 g/mol. The molecule has 6 atom stereocenters. The van der Waals surface area contributed by atoms with Gasteiger partial charge in [0, 0.05) is 0 Å². The van der Waals surface area contributed by atoms with Gasteiger partial charge in [0.15, 0.2) is 0 Å². The predicted molar refractivity (Wildman–Crippen MR) is 163 cm³/mol. The molecule has 2 N–H and O–H groups in total. The van der Waals surface area contributed by atoms with Gasteiger partial charge in [-0.25, -0.2) is 0 Å². The Hall–Kier alpha value is -1.96. The van der Waals surface area contributed by atoms with Crippen LogP contribution in [0.3, 0.4) is 0 Å². The van der Waals surface area contributed by atoms with Crippen molar-refractivity contribution in [3.63, 3.8) is 0 Å². The maximum absolute atomic E-state index is 10.5. The number of aryl methyl sites for hydroxylation is 3. The van der Waals surface area contributed by atoms with Gasteiger partial charge in [-0.15, -0.1) is 0 Å². The first kappa shape index (κ1) is 33.1. The highest BCUT2D eigenvalue weighted by atomic mass is 16.3. The lowest BCUT2D eigenvalue weighted by Gasteiger charge is -2.33. The Morgan fingerprint density at radius 2 is 1.51 bits per heavy atom. The van der Waals surface area contributed by atoms with Crippen molar-refractivity contribution >= 4 is 0 Å². The zero-order chi connectivity index (χ0) is 26.1. The van der Waals surface area contributed by atoms with Crippen LogP contribution >= 0.6 is 0 Å². The molecule has 5 rings (SSSR count). The van der Waals surface area contributed by atoms with Gasteiger partial charge in [-0.05, 0) is 122 Å². The maximum atomic E-state index is 10.5. The number of phenolic OH excluding ortho intramolecular Hbond substituents is 2. The molecule has 37 heavy (non-hydrogen) atoms. The number of phenols is 2. The van der Waals surface area contributed by atoms with Crippen LogP contribution in [0.1, 0.15) is 122 Å². The van der Waals surface area contributed by atoms with E-state index in [1.807, 2.05) is 33.8 Å². The van der Waals surface area contributed by atoms with Crippen LogP contribution in [-0.2, 0) is 5.41 Å². The van der Waals surface area contributed by atoms with E-state index >= 15 is 0 Å². The molecule has 3 saturated carbocycles. The summed E-state index contributed by atoms with van der Waals surface area (Å²) in [7, 11) is 0. The van der Waals surface area contributed by atoms with Gasteiger partial charge in [-0.3, -0.25) is 0 Å². The average Bonchev–Trinajstić information content (AvgIpc) is 3.52. The number of rotatable bonds is 3. The summed E-state index contributed by atoms with van der Waals surface area (Å²) >= 11 is 0. The highest BCUT2D eigenvalue weighted by Gasteiger charge is 2.56. The molecular weight excluding hydrogens is 452 g/mol. The molecule has 0 aliphatic heterocycles. The van der Waals surface area contributed by atoms with E-state index in [0.717, 1.165) is 47.1 Å². The van der Waals surface area contributed by atoms with Crippen LogP contribution < -0.4 is 0 Å². The molecular formula is C35H58O2. The standard InChI is InChI=1S/C19H26O.C12H18O.C2H6.2CH4/c1-10-6-12(3)19(20)17(7-10)15-5-4-14-13-8-11(2)16(9-13)18(14)15;1-5-12(3,4)10-6-7-11(13)9(2)8-10;1-2;;/h6-7,11,13-16,18,20H,4-5,8-9H2,1-3H3;6-8,13H,5H2,1-4H3;1-2H3;2*1H4. The fourth-order valence-corrected chi connectivity index (χ4v) is 7.36. The molecule has 0 radical (unpaired) electrons. The molecule has 3 aliphatic carbocycles. The van der Waals surface area contributed by atoms with Gasteiger partial charge in [-0.1, -0.05) is 86.2 Å². The number of benzene rings is 2. The fraction of sp³-hybridized carbons (Fsp3) is 0.657. The summed E-state index contributed by atoms with van der Waals surface area (Å²) in [5, 5.41) is 19.9. The molecule has 0 amide bonds. The Balaban J connectivity index is 0.000000356. The van der Waals surface area contributed by atoms with Crippen molar-refractivity contribution in [2.24, 2.45) is 29.6 Å². The molecule has 2 aromatic rings. The van der Waals surface area contributed by atoms with E-state index < -0.39 is 0 Å². The molecule has 3 fully saturated rings. The van der Waals surface area contributed by atoms with Crippen molar-refractivity contribution in [2.45, 2.75) is 121 Å². The second-order valence-electron chi connectivity index (χ2n) is 12.1. The number of hydrogen-bond acceptors (Lipinski definition) is 2. The first-order chi connectivity index (χ1) is 16.5. The molecule has 3 aliphatic rings. The molecule has 2 heteroatoms. The van der Waals surface area contributed by atoms with Crippen molar-refractivity contribution in [1.29, 1.82) is 0 Å². The zero-order valence-electron chi connectivity index (χ0n) is 23.8. The van der Waals surface area contributed by atoms with E-state index in [4.69, 9.17) is 0 Å². The van der Waals surface area contributed by atoms with E-state index in [1.54, 1.807) is 6.07 Å². The topological polar surface area (TPSA) is 40.5 Å². The second kappa shape index (κ2) is 13.2. The van der Waals surface area contributed by atoms with E-state index in [1.165, 1.54) is 42.4 Å². The lowest BCUT2D eigenvalue weighted by Crippen LogP contribution is -2.26. The van der Waals surface area contributed by atoms with E-state index in [0.29, 0.717) is 17.4 Å². The Kier molecular flexibility index (Phi) is 11.8. The Bertz CT molecular complexity index is 1000. The summed E-state index contributed by atoms with van der Waals surface area (Å²) in [6.07, 6.45) is 6.74. The molecule has 0 heterocycles. The van der Waals surface area contributed by atoms with Crippen LogP contribution in [0.5, 0.6) is 11.5 Å². The molecule has 0 aromatic heterocycles. The summed E-state index contributed by atoms with van der Waals surface area (Å²) in [4.78, 5) is 0. The molecule has 6 unspecified atom stereocenters. The van der Waals surface area contributed by atoms with E-state index in [2.05, 4.69) is 52.8 Å². The molecule has 2 nitrogen and oxygen atoms in total. The van der Waals surface area contributed by atoms with Gasteiger partial charge in [0.2, 0.25) is 0 Å². The lowest BCUT2D eigenvalue weighted by atomic mass is 9.71. The molecule has 0 saturated heterocycles. The van der Waals surface area contributed by atoms with Crippen molar-refractivity contribution in [3.05, 3.63) is 58.1 Å². The van der Waals surface area contributed by atoms with Crippen molar-refractivity contribution < 1.29 is 10.2 Å². The van der Waals surface area contributed by atoms with E-state index in [-0.39, 0.29) is 20.3 Å². The lowest BCUT2D eigenvalue weighted by molar-refractivity contribution is 0.186. The normalized spacial score (nSPS) is 27.1. The van der Waals surface area contributed by atoms with Gasteiger partial charge >= 0.3 is 0 Å². The summed E-state index contributed by atoms with van der Waals surface area (Å²) in [6.45, 7) is 19.2. The van der Waals surface area contributed by atoms with Crippen LogP contribution in [0.25, 0.3) is 0 Å². The predicted octanol–water partition coefficient (Wildman–Crippen LogP) is 10.5. The van der Waals surface area contributed by atoms with Crippen molar-refractivity contribution in [3.8, 4) is 11.5 Å². The summed E-state index contributed by atoms with van der Waals surface area (Å²) in [5.41, 5.74) is 6.08. The SMILES string of the molecule is C.C.CC.CCC(C)(C)c1ccc(O)c(C)c1.Cc1cc(C)c(O)c(C2CCC3C4CC(C)C(C4)C23)c1. The van der Waals surface area contributed by atoms with Gasteiger partial charge in [-0.2, -0.15) is 0 Å². The van der Waals surface area contributed by atoms with Crippen LogP contribution in [0.2, 0.25) is 0 Å². The van der Waals surface area contributed by atoms with Crippen LogP contribution in [0.15, 0.2) is 30.3 Å². The molecule has 2 aromatic carbocycles. The fourth-order valence-electron chi connectivity index (χ4n) is 7.36. The third-order valence-electron chi connectivity index (χ3n) is 9.59. The van der Waals surface area contributed by atoms with Crippen LogP contribution in [-0.4, -0.2) is 10.2 Å². The third-order valence-corrected chi connectivity index (χ3v) is 9.59. The first-order valence-corrected chi connectivity index (χ1v) is 14.1. The highest BCUT2D eigenvalue weighted by molar-refractivity contribution is 5.45. The van der Waals surface area contributed by atoms with Crippen molar-refractivity contribution in [1.82, 2.24) is 0 Å². The van der Waals surface area contributed by atoms with E-state index in [9.17, 15) is 10.2 Å². The quantitative estimate of drug-likeness (QED) is 0.431. The highest BCUT2D eigenvalue weighted by Crippen LogP contribution is 2.65. The summed E-state index contributed by atoms with van der Waals surface area (Å²) in [6, 6.07) is 10.2. The first-order valence-electron chi connectivity index (χ1n) is 14.1.